The minimum absolute atomic E-state index is 0.0221. The van der Waals surface area contributed by atoms with Gasteiger partial charge in [0.15, 0.2) is 12.2 Å². The largest absolute Gasteiger partial charge is 0.463 e. The first-order valence-corrected chi connectivity index (χ1v) is 12.7. The van der Waals surface area contributed by atoms with E-state index in [1.54, 1.807) is 6.07 Å². The van der Waals surface area contributed by atoms with Gasteiger partial charge in [0, 0.05) is 39.3 Å². The number of ether oxygens (including phenoxy) is 6. The number of carbonyl (C=O) groups excluding carboxylic acids is 4. The number of benzene rings is 2. The highest BCUT2D eigenvalue weighted by atomic mass is 19.1. The predicted octanol–water partition coefficient (Wildman–Crippen LogP) is 3.06. The minimum Gasteiger partial charge on any atom is -0.463 e. The molecule has 0 aliphatic carbocycles. The van der Waals surface area contributed by atoms with E-state index in [1.807, 2.05) is 0 Å². The van der Waals surface area contributed by atoms with Crippen LogP contribution in [0.25, 0.3) is 22.1 Å². The standard InChI is InChI=1S/C29H27FO12/c1-14(31)36-13-24-26(38-15(2)32)27(39-16(3)33)28(40-17(4)34)29(42-24)41-18-9-10-20-23(11-18)37-12-21(25(20)35)19-7-5-6-8-22(19)30/h5-12,24,26-29H,13H2,1-4H3/t24-,26+,27+,28+,29-/m0/s1. The summed E-state index contributed by atoms with van der Waals surface area (Å²) in [5.41, 5.74) is -0.303. The third-order valence-corrected chi connectivity index (χ3v) is 6.11. The van der Waals surface area contributed by atoms with Gasteiger partial charge in [0.05, 0.1) is 10.9 Å². The fraction of sp³-hybridized carbons (Fsp3) is 0.345. The second kappa shape index (κ2) is 12.8. The van der Waals surface area contributed by atoms with Gasteiger partial charge in [-0.05, 0) is 18.2 Å². The zero-order valence-corrected chi connectivity index (χ0v) is 23.0. The van der Waals surface area contributed by atoms with E-state index >= 15 is 0 Å². The van der Waals surface area contributed by atoms with Gasteiger partial charge in [0.1, 0.15) is 36.1 Å². The SMILES string of the molecule is CC(=O)OC[C@@H]1O[C@H](Oc2ccc3c(=O)c(-c4ccccc4F)coc3c2)[C@H](OC(C)=O)[C@H](OC(C)=O)[C@@H]1OC(C)=O. The number of hydrogen-bond acceptors (Lipinski definition) is 12. The Morgan fingerprint density at radius 2 is 1.45 bits per heavy atom. The Morgan fingerprint density at radius 1 is 0.810 bits per heavy atom. The highest BCUT2D eigenvalue weighted by molar-refractivity contribution is 5.82. The van der Waals surface area contributed by atoms with Crippen LogP contribution in [0.3, 0.4) is 0 Å². The van der Waals surface area contributed by atoms with Gasteiger partial charge in [0.25, 0.3) is 0 Å². The van der Waals surface area contributed by atoms with Crippen LogP contribution >= 0.6 is 0 Å². The van der Waals surface area contributed by atoms with Gasteiger partial charge in [0.2, 0.25) is 17.8 Å². The summed E-state index contributed by atoms with van der Waals surface area (Å²) >= 11 is 0. The van der Waals surface area contributed by atoms with Crippen molar-refractivity contribution in [2.24, 2.45) is 0 Å². The van der Waals surface area contributed by atoms with Crippen molar-refractivity contribution in [2.75, 3.05) is 6.61 Å². The van der Waals surface area contributed by atoms with Crippen LogP contribution < -0.4 is 10.2 Å². The van der Waals surface area contributed by atoms with Gasteiger partial charge in [-0.1, -0.05) is 18.2 Å². The first-order valence-electron chi connectivity index (χ1n) is 12.7. The molecule has 0 unspecified atom stereocenters. The van der Waals surface area contributed by atoms with E-state index in [2.05, 4.69) is 0 Å². The fourth-order valence-electron chi connectivity index (χ4n) is 4.47. The van der Waals surface area contributed by atoms with E-state index in [0.717, 1.165) is 34.0 Å². The topological polar surface area (TPSA) is 154 Å². The van der Waals surface area contributed by atoms with Gasteiger partial charge < -0.3 is 32.8 Å². The molecule has 0 N–H and O–H groups in total. The summed E-state index contributed by atoms with van der Waals surface area (Å²) in [5, 5.41) is 0.129. The Morgan fingerprint density at radius 3 is 2.10 bits per heavy atom. The van der Waals surface area contributed by atoms with Crippen LogP contribution in [0.4, 0.5) is 4.39 Å². The zero-order chi connectivity index (χ0) is 30.6. The highest BCUT2D eigenvalue weighted by Crippen LogP contribution is 2.32. The molecular weight excluding hydrogens is 559 g/mol. The number of esters is 4. The summed E-state index contributed by atoms with van der Waals surface area (Å²) < 4.78 is 53.0. The molecule has 2 heterocycles. The Labute approximate surface area is 238 Å². The molecule has 2 aromatic carbocycles. The monoisotopic (exact) mass is 586 g/mol. The molecule has 1 fully saturated rings. The summed E-state index contributed by atoms with van der Waals surface area (Å²) in [4.78, 5) is 60.6. The van der Waals surface area contributed by atoms with E-state index in [0.29, 0.717) is 0 Å². The number of rotatable bonds is 8. The lowest BCUT2D eigenvalue weighted by atomic mass is 9.98. The average molecular weight is 587 g/mol. The number of fused-ring (bicyclic) bond motifs is 1. The number of carbonyl (C=O) groups is 4. The first-order chi connectivity index (χ1) is 19.9. The molecule has 222 valence electrons. The smallest absolute Gasteiger partial charge is 0.303 e. The minimum atomic E-state index is -1.48. The molecule has 42 heavy (non-hydrogen) atoms. The summed E-state index contributed by atoms with van der Waals surface area (Å²) in [7, 11) is 0. The van der Waals surface area contributed by atoms with Crippen LogP contribution in [0.5, 0.6) is 5.75 Å². The molecule has 5 atom stereocenters. The molecule has 0 spiro atoms. The van der Waals surface area contributed by atoms with Gasteiger partial charge in [-0.25, -0.2) is 4.39 Å². The predicted molar refractivity (Wildman–Crippen MR) is 140 cm³/mol. The number of hydrogen-bond donors (Lipinski definition) is 0. The third kappa shape index (κ3) is 6.92. The fourth-order valence-corrected chi connectivity index (χ4v) is 4.47. The Bertz CT molecular complexity index is 1560. The van der Waals surface area contributed by atoms with Crippen molar-refractivity contribution in [2.45, 2.75) is 58.4 Å². The molecule has 3 aromatic rings. The lowest BCUT2D eigenvalue weighted by Crippen LogP contribution is -2.63. The molecule has 12 nitrogen and oxygen atoms in total. The van der Waals surface area contributed by atoms with Crippen LogP contribution in [-0.4, -0.2) is 61.2 Å². The van der Waals surface area contributed by atoms with E-state index in [9.17, 15) is 28.4 Å². The molecular formula is C29H27FO12. The third-order valence-electron chi connectivity index (χ3n) is 6.11. The second-order valence-electron chi connectivity index (χ2n) is 9.30. The maximum Gasteiger partial charge on any atom is 0.303 e. The van der Waals surface area contributed by atoms with Crippen LogP contribution in [0.15, 0.2) is 57.9 Å². The van der Waals surface area contributed by atoms with E-state index in [1.165, 1.54) is 36.4 Å². The molecule has 4 rings (SSSR count). The first kappa shape index (κ1) is 30.2. The lowest BCUT2D eigenvalue weighted by Gasteiger charge is -2.43. The summed E-state index contributed by atoms with van der Waals surface area (Å²) in [5.74, 6) is -3.53. The molecule has 1 aromatic heterocycles. The van der Waals surface area contributed by atoms with Crippen molar-refractivity contribution in [3.63, 3.8) is 0 Å². The summed E-state index contributed by atoms with van der Waals surface area (Å²) in [6.07, 6.45) is -5.78. The van der Waals surface area contributed by atoms with Crippen molar-refractivity contribution in [3.05, 3.63) is 64.8 Å². The van der Waals surface area contributed by atoms with Gasteiger partial charge in [-0.15, -0.1) is 0 Å². The van der Waals surface area contributed by atoms with Crippen molar-refractivity contribution in [1.82, 2.24) is 0 Å². The van der Waals surface area contributed by atoms with Crippen LogP contribution in [0.1, 0.15) is 27.7 Å². The number of halogens is 1. The quantitative estimate of drug-likeness (QED) is 0.281. The normalized spacial score (nSPS) is 21.7. The summed E-state index contributed by atoms with van der Waals surface area (Å²) in [6.45, 7) is 4.04. The van der Waals surface area contributed by atoms with Gasteiger partial charge >= 0.3 is 23.9 Å². The van der Waals surface area contributed by atoms with Crippen LogP contribution in [-0.2, 0) is 42.9 Å². The van der Waals surface area contributed by atoms with Gasteiger partial charge in [-0.3, -0.25) is 24.0 Å². The van der Waals surface area contributed by atoms with Crippen molar-refractivity contribution >= 4 is 34.8 Å². The molecule has 0 amide bonds. The van der Waals surface area contributed by atoms with E-state index in [4.69, 9.17) is 32.8 Å². The van der Waals surface area contributed by atoms with Gasteiger partial charge in [-0.2, -0.15) is 0 Å². The Balaban J connectivity index is 1.71. The average Bonchev–Trinajstić information content (AvgIpc) is 2.91. The maximum atomic E-state index is 14.3. The summed E-state index contributed by atoms with van der Waals surface area (Å²) in [6, 6.07) is 9.92. The van der Waals surface area contributed by atoms with Crippen LogP contribution in [0, 0.1) is 5.82 Å². The Hall–Kier alpha value is -4.78. The molecule has 0 radical (unpaired) electrons. The molecule has 13 heteroatoms. The lowest BCUT2D eigenvalue weighted by molar-refractivity contribution is -0.288. The maximum absolute atomic E-state index is 14.3. The van der Waals surface area contributed by atoms with Crippen LogP contribution in [0.2, 0.25) is 0 Å². The molecule has 0 saturated carbocycles. The van der Waals surface area contributed by atoms with Crippen molar-refractivity contribution in [1.29, 1.82) is 0 Å². The van der Waals surface area contributed by atoms with E-state index in [-0.39, 0.29) is 27.8 Å². The molecule has 1 saturated heterocycles. The Kier molecular flexibility index (Phi) is 9.21. The molecule has 0 bridgehead atoms. The van der Waals surface area contributed by atoms with Crippen molar-refractivity contribution in [3.8, 4) is 16.9 Å². The zero-order valence-electron chi connectivity index (χ0n) is 23.0. The van der Waals surface area contributed by atoms with Crippen molar-refractivity contribution < 1.29 is 56.4 Å². The highest BCUT2D eigenvalue weighted by Gasteiger charge is 2.53. The molecule has 1 aliphatic heterocycles. The van der Waals surface area contributed by atoms with E-state index < -0.39 is 72.4 Å². The molecule has 1 aliphatic rings. The second-order valence-corrected chi connectivity index (χ2v) is 9.30.